The first-order valence-corrected chi connectivity index (χ1v) is 9.79. The predicted molar refractivity (Wildman–Crippen MR) is 72.0 cm³/mol. The monoisotopic (exact) mass is 269 g/mol. The number of hydrogen-bond donors (Lipinski definition) is 1. The van der Waals surface area contributed by atoms with E-state index in [1.165, 1.54) is 25.7 Å². The largest absolute Gasteiger partial charge is 0.288 e. The number of imide groups is 1. The highest BCUT2D eigenvalue weighted by atomic mass is 31.1. The van der Waals surface area contributed by atoms with Crippen molar-refractivity contribution in [2.24, 2.45) is 0 Å². The Morgan fingerprint density at radius 2 is 1.06 bits per heavy atom. The number of carbonyl (C=O) groups is 2. The van der Waals surface area contributed by atoms with E-state index in [0.717, 1.165) is 35.3 Å². The Balaban J connectivity index is 1.96. The van der Waals surface area contributed by atoms with Crippen LogP contribution in [0.3, 0.4) is 0 Å². The fraction of sp³-hybridized carbons (Fsp3) is 0.667. The predicted octanol–water partition coefficient (Wildman–Crippen LogP) is 2.41. The number of rotatable bonds is 2. The smallest absolute Gasteiger partial charge is 0.259 e. The van der Waals surface area contributed by atoms with Crippen LogP contribution in [-0.4, -0.2) is 36.5 Å². The van der Waals surface area contributed by atoms with Gasteiger partial charge in [0.15, 0.2) is 0 Å². The quantitative estimate of drug-likeness (QED) is 0.618. The molecule has 0 unspecified atom stereocenters. The molecular formula is C12H17NO2P2. The first kappa shape index (κ1) is 11.8. The molecule has 0 atom stereocenters. The molecule has 3 rings (SSSR count). The van der Waals surface area contributed by atoms with Gasteiger partial charge in [-0.15, -0.1) is 0 Å². The van der Waals surface area contributed by atoms with Crippen molar-refractivity contribution in [3.05, 3.63) is 10.6 Å². The molecule has 3 nitrogen and oxygen atoms in total. The molecule has 0 bridgehead atoms. The van der Waals surface area contributed by atoms with E-state index < -0.39 is 0 Å². The van der Waals surface area contributed by atoms with Crippen molar-refractivity contribution in [1.29, 1.82) is 0 Å². The fourth-order valence-corrected chi connectivity index (χ4v) is 9.00. The van der Waals surface area contributed by atoms with Gasteiger partial charge in [0.2, 0.25) is 0 Å². The average Bonchev–Trinajstić information content (AvgIpc) is 2.98. The lowest BCUT2D eigenvalue weighted by Gasteiger charge is -2.15. The van der Waals surface area contributed by atoms with Crippen molar-refractivity contribution in [2.75, 3.05) is 24.6 Å². The van der Waals surface area contributed by atoms with Gasteiger partial charge < -0.3 is 0 Å². The van der Waals surface area contributed by atoms with E-state index in [-0.39, 0.29) is 27.7 Å². The van der Waals surface area contributed by atoms with Crippen LogP contribution in [0.15, 0.2) is 10.6 Å². The molecule has 17 heavy (non-hydrogen) atoms. The van der Waals surface area contributed by atoms with Gasteiger partial charge in [-0.1, -0.05) is 15.8 Å². The van der Waals surface area contributed by atoms with E-state index in [9.17, 15) is 9.59 Å². The summed E-state index contributed by atoms with van der Waals surface area (Å²) < 4.78 is 0. The van der Waals surface area contributed by atoms with Crippen LogP contribution in [0.1, 0.15) is 25.7 Å². The second-order valence-corrected chi connectivity index (χ2v) is 9.71. The molecule has 2 saturated heterocycles. The summed E-state index contributed by atoms with van der Waals surface area (Å²) in [5.41, 5.74) is 0. The van der Waals surface area contributed by atoms with Crippen molar-refractivity contribution in [2.45, 2.75) is 25.7 Å². The zero-order chi connectivity index (χ0) is 11.8. The molecule has 5 heteroatoms. The van der Waals surface area contributed by atoms with Crippen molar-refractivity contribution >= 4 is 27.7 Å². The normalized spacial score (nSPS) is 27.3. The molecule has 2 amide bonds. The molecule has 2 fully saturated rings. The highest BCUT2D eigenvalue weighted by Gasteiger charge is 2.39. The summed E-state index contributed by atoms with van der Waals surface area (Å²) in [5, 5.41) is 4.46. The maximum Gasteiger partial charge on any atom is 0.259 e. The minimum atomic E-state index is -0.305. The molecular weight excluding hydrogens is 252 g/mol. The number of carbonyl (C=O) groups excluding carboxylic acids is 2. The van der Waals surface area contributed by atoms with Gasteiger partial charge >= 0.3 is 0 Å². The molecule has 0 radical (unpaired) electrons. The molecule has 3 aliphatic heterocycles. The van der Waals surface area contributed by atoms with E-state index in [1.54, 1.807) is 0 Å². The van der Waals surface area contributed by atoms with Crippen LogP contribution in [0.5, 0.6) is 0 Å². The first-order valence-electron chi connectivity index (χ1n) is 6.37. The van der Waals surface area contributed by atoms with Gasteiger partial charge in [0.05, 0.1) is 10.6 Å². The van der Waals surface area contributed by atoms with Gasteiger partial charge in [0.25, 0.3) is 11.8 Å². The second-order valence-electron chi connectivity index (χ2n) is 4.87. The number of nitrogens with one attached hydrogen (secondary N) is 1. The average molecular weight is 269 g/mol. The minimum Gasteiger partial charge on any atom is -0.288 e. The Hall–Kier alpha value is -0.260. The summed E-state index contributed by atoms with van der Waals surface area (Å²) in [6, 6.07) is 0. The Bertz CT molecular complexity index is 357. The summed E-state index contributed by atoms with van der Waals surface area (Å²) in [4.78, 5) is 24.0. The lowest BCUT2D eigenvalue weighted by Crippen LogP contribution is -2.23. The van der Waals surface area contributed by atoms with E-state index in [1.807, 2.05) is 0 Å². The van der Waals surface area contributed by atoms with Gasteiger partial charge in [-0.25, -0.2) is 0 Å². The molecule has 0 aromatic carbocycles. The Kier molecular flexibility index (Phi) is 3.32. The minimum absolute atomic E-state index is 0.0487. The molecule has 0 aliphatic carbocycles. The lowest BCUT2D eigenvalue weighted by atomic mass is 10.4. The maximum atomic E-state index is 12.0. The first-order chi connectivity index (χ1) is 8.27. The Morgan fingerprint density at radius 1 is 0.706 bits per heavy atom. The van der Waals surface area contributed by atoms with Gasteiger partial charge in [-0.2, -0.15) is 0 Å². The topological polar surface area (TPSA) is 46.2 Å². The third-order valence-electron chi connectivity index (χ3n) is 3.73. The summed E-state index contributed by atoms with van der Waals surface area (Å²) in [6.07, 6.45) is 9.61. The van der Waals surface area contributed by atoms with Crippen LogP contribution in [0.25, 0.3) is 0 Å². The molecule has 3 heterocycles. The Labute approximate surface area is 104 Å². The summed E-state index contributed by atoms with van der Waals surface area (Å²) in [5.74, 6) is -0.0974. The third-order valence-corrected chi connectivity index (χ3v) is 9.45. The van der Waals surface area contributed by atoms with Gasteiger partial charge in [-0.05, 0) is 50.3 Å². The van der Waals surface area contributed by atoms with E-state index in [4.69, 9.17) is 0 Å². The molecule has 0 spiro atoms. The van der Waals surface area contributed by atoms with Crippen molar-refractivity contribution in [3.63, 3.8) is 0 Å². The molecule has 3 aliphatic rings. The SMILES string of the molecule is O=C1NC(=O)C(P2CCCC2)=C1P1CCCC1. The van der Waals surface area contributed by atoms with Crippen LogP contribution in [-0.2, 0) is 9.59 Å². The molecule has 1 N–H and O–H groups in total. The van der Waals surface area contributed by atoms with Crippen LogP contribution >= 0.6 is 15.8 Å². The second kappa shape index (κ2) is 4.78. The van der Waals surface area contributed by atoms with Crippen LogP contribution in [0.2, 0.25) is 0 Å². The zero-order valence-corrected chi connectivity index (χ0v) is 11.7. The van der Waals surface area contributed by atoms with E-state index in [2.05, 4.69) is 5.32 Å². The van der Waals surface area contributed by atoms with E-state index >= 15 is 0 Å². The standard InChI is InChI=1S/C12H17NO2P2/c14-11-9(16-5-1-2-6-16)10(12(15)13-11)17-7-3-4-8-17/h1-8H2,(H,13,14,15). The van der Waals surface area contributed by atoms with E-state index in [0.29, 0.717) is 0 Å². The lowest BCUT2D eigenvalue weighted by molar-refractivity contribution is -0.123. The highest BCUT2D eigenvalue weighted by Crippen LogP contribution is 2.61. The van der Waals surface area contributed by atoms with Gasteiger partial charge in [-0.3, -0.25) is 14.9 Å². The number of amides is 2. The van der Waals surface area contributed by atoms with Crippen LogP contribution in [0, 0.1) is 0 Å². The van der Waals surface area contributed by atoms with Crippen molar-refractivity contribution in [3.8, 4) is 0 Å². The molecule has 92 valence electrons. The van der Waals surface area contributed by atoms with Gasteiger partial charge in [0.1, 0.15) is 0 Å². The third kappa shape index (κ3) is 2.09. The highest BCUT2D eigenvalue weighted by molar-refractivity contribution is 7.68. The molecule has 0 aromatic heterocycles. The Morgan fingerprint density at radius 3 is 1.41 bits per heavy atom. The molecule has 0 aromatic rings. The van der Waals surface area contributed by atoms with Crippen LogP contribution < -0.4 is 5.32 Å². The summed E-state index contributed by atoms with van der Waals surface area (Å²) in [6.45, 7) is 0. The van der Waals surface area contributed by atoms with Crippen LogP contribution in [0.4, 0.5) is 0 Å². The maximum absolute atomic E-state index is 12.0. The van der Waals surface area contributed by atoms with Crippen molar-refractivity contribution in [1.82, 2.24) is 5.32 Å². The summed E-state index contributed by atoms with van der Waals surface area (Å²) in [7, 11) is -0.609. The molecule has 0 saturated carbocycles. The fourth-order valence-electron chi connectivity index (χ4n) is 2.90. The van der Waals surface area contributed by atoms with Gasteiger partial charge in [0, 0.05) is 0 Å². The summed E-state index contributed by atoms with van der Waals surface area (Å²) >= 11 is 0. The zero-order valence-electron chi connectivity index (χ0n) is 9.87. The number of hydrogen-bond acceptors (Lipinski definition) is 2. The van der Waals surface area contributed by atoms with Crippen molar-refractivity contribution < 1.29 is 9.59 Å².